The topological polar surface area (TPSA) is 79.9 Å². The minimum Gasteiger partial charge on any atom is -0.492 e. The molecule has 0 aliphatic carbocycles. The van der Waals surface area contributed by atoms with Gasteiger partial charge in [0.2, 0.25) is 5.95 Å². The first kappa shape index (κ1) is 11.1. The molecule has 0 atom stereocenters. The first-order chi connectivity index (χ1) is 8.29. The number of hydrogen-bond acceptors (Lipinski definition) is 5. The third-order valence-electron chi connectivity index (χ3n) is 2.01. The van der Waals surface area contributed by atoms with Crippen LogP contribution in [0.3, 0.4) is 0 Å². The second-order valence-electron chi connectivity index (χ2n) is 3.24. The van der Waals surface area contributed by atoms with Gasteiger partial charge in [-0.25, -0.2) is 0 Å². The molecule has 0 aliphatic heterocycles. The van der Waals surface area contributed by atoms with Crippen molar-refractivity contribution in [1.29, 1.82) is 0 Å². The minimum absolute atomic E-state index is 0.282. The number of rotatable bonds is 4. The molecular formula is C11H12N4O2. The van der Waals surface area contributed by atoms with E-state index in [2.05, 4.69) is 20.5 Å². The fourth-order valence-electron chi connectivity index (χ4n) is 1.35. The van der Waals surface area contributed by atoms with Crippen molar-refractivity contribution in [3.05, 3.63) is 40.8 Å². The van der Waals surface area contributed by atoms with Crippen LogP contribution in [0.25, 0.3) is 0 Å². The highest BCUT2D eigenvalue weighted by Gasteiger charge is 2.03. The van der Waals surface area contributed by atoms with Gasteiger partial charge in [-0.3, -0.25) is 9.78 Å². The van der Waals surface area contributed by atoms with Crippen LogP contribution in [0.15, 0.2) is 35.3 Å². The van der Waals surface area contributed by atoms with Gasteiger partial charge in [-0.15, -0.1) is 10.2 Å². The van der Waals surface area contributed by atoms with Crippen LogP contribution in [-0.4, -0.2) is 21.8 Å². The highest BCUT2D eigenvalue weighted by molar-refractivity contribution is 5.61. The Labute approximate surface area is 97.7 Å². The third-order valence-corrected chi connectivity index (χ3v) is 2.01. The maximum absolute atomic E-state index is 11.1. The quantitative estimate of drug-likeness (QED) is 0.830. The molecule has 0 radical (unpaired) electrons. The standard InChI is InChI=1S/C11H12N4O2/c1-2-17-9-6-4-3-5-8(9)13-11-14-10(16)7-12-15-11/h3-7H,2H2,1H3,(H2,13,14,15,16). The van der Waals surface area contributed by atoms with Gasteiger partial charge in [0, 0.05) is 0 Å². The maximum Gasteiger partial charge on any atom is 0.271 e. The fraction of sp³-hybridized carbons (Fsp3) is 0.182. The van der Waals surface area contributed by atoms with Crippen LogP contribution >= 0.6 is 0 Å². The molecule has 0 saturated heterocycles. The van der Waals surface area contributed by atoms with Gasteiger partial charge in [0.25, 0.3) is 5.56 Å². The average molecular weight is 232 g/mol. The molecule has 6 heteroatoms. The van der Waals surface area contributed by atoms with Crippen molar-refractivity contribution < 1.29 is 4.74 Å². The highest BCUT2D eigenvalue weighted by atomic mass is 16.5. The van der Waals surface area contributed by atoms with E-state index < -0.39 is 0 Å². The Morgan fingerprint density at radius 1 is 1.41 bits per heavy atom. The first-order valence-electron chi connectivity index (χ1n) is 5.20. The molecule has 88 valence electrons. The average Bonchev–Trinajstić information content (AvgIpc) is 2.32. The predicted molar refractivity (Wildman–Crippen MR) is 63.5 cm³/mol. The van der Waals surface area contributed by atoms with Gasteiger partial charge in [0.1, 0.15) is 11.9 Å². The van der Waals surface area contributed by atoms with Gasteiger partial charge in [-0.2, -0.15) is 0 Å². The Kier molecular flexibility index (Phi) is 3.34. The molecule has 0 aliphatic rings. The maximum atomic E-state index is 11.1. The van der Waals surface area contributed by atoms with Gasteiger partial charge in [-0.05, 0) is 19.1 Å². The summed E-state index contributed by atoms with van der Waals surface area (Å²) in [6, 6.07) is 7.40. The number of nitrogens with zero attached hydrogens (tertiary/aromatic N) is 2. The predicted octanol–water partition coefficient (Wildman–Crippen LogP) is 1.31. The lowest BCUT2D eigenvalue weighted by Gasteiger charge is -2.10. The van der Waals surface area contributed by atoms with Gasteiger partial charge in [0.05, 0.1) is 12.3 Å². The van der Waals surface area contributed by atoms with Crippen molar-refractivity contribution in [3.63, 3.8) is 0 Å². The van der Waals surface area contributed by atoms with Crippen LogP contribution < -0.4 is 15.6 Å². The lowest BCUT2D eigenvalue weighted by Crippen LogP contribution is -2.11. The summed E-state index contributed by atoms with van der Waals surface area (Å²) in [4.78, 5) is 13.6. The number of benzene rings is 1. The number of para-hydroxylation sites is 2. The van der Waals surface area contributed by atoms with E-state index in [0.717, 1.165) is 11.9 Å². The third kappa shape index (κ3) is 2.81. The van der Waals surface area contributed by atoms with Gasteiger partial charge < -0.3 is 10.1 Å². The summed E-state index contributed by atoms with van der Waals surface area (Å²) in [5.41, 5.74) is 0.418. The Morgan fingerprint density at radius 3 is 3.00 bits per heavy atom. The monoisotopic (exact) mass is 232 g/mol. The van der Waals surface area contributed by atoms with E-state index in [9.17, 15) is 4.79 Å². The number of aromatic nitrogens is 3. The summed E-state index contributed by atoms with van der Waals surface area (Å²) in [5.74, 6) is 0.978. The number of hydrogen-bond donors (Lipinski definition) is 2. The van der Waals surface area contributed by atoms with Crippen LogP contribution in [0.2, 0.25) is 0 Å². The Bertz CT molecular complexity index is 553. The number of anilines is 2. The summed E-state index contributed by atoms with van der Waals surface area (Å²) in [6.45, 7) is 2.47. The molecule has 0 amide bonds. The lowest BCUT2D eigenvalue weighted by atomic mass is 10.3. The van der Waals surface area contributed by atoms with Crippen LogP contribution in [-0.2, 0) is 0 Å². The Morgan fingerprint density at radius 2 is 2.24 bits per heavy atom. The van der Waals surface area contributed by atoms with E-state index in [4.69, 9.17) is 4.74 Å². The second kappa shape index (κ2) is 5.11. The molecule has 2 rings (SSSR count). The van der Waals surface area contributed by atoms with Crippen LogP contribution in [0.5, 0.6) is 5.75 Å². The molecule has 0 saturated carbocycles. The number of ether oxygens (including phenoxy) is 1. The molecule has 1 heterocycles. The fourth-order valence-corrected chi connectivity index (χ4v) is 1.35. The molecule has 6 nitrogen and oxygen atoms in total. The highest BCUT2D eigenvalue weighted by Crippen LogP contribution is 2.25. The molecule has 1 aromatic carbocycles. The molecule has 0 unspecified atom stereocenters. The van der Waals surface area contributed by atoms with Crippen LogP contribution in [0.1, 0.15) is 6.92 Å². The zero-order valence-electron chi connectivity index (χ0n) is 9.30. The van der Waals surface area contributed by atoms with Crippen molar-refractivity contribution in [2.45, 2.75) is 6.92 Å². The van der Waals surface area contributed by atoms with Crippen LogP contribution in [0, 0.1) is 0 Å². The molecule has 0 fully saturated rings. The van der Waals surface area contributed by atoms with Crippen molar-refractivity contribution >= 4 is 11.6 Å². The van der Waals surface area contributed by atoms with Crippen molar-refractivity contribution in [2.75, 3.05) is 11.9 Å². The minimum atomic E-state index is -0.309. The van der Waals surface area contributed by atoms with E-state index in [-0.39, 0.29) is 11.5 Å². The Balaban J connectivity index is 2.26. The number of H-pyrrole nitrogens is 1. The van der Waals surface area contributed by atoms with Crippen molar-refractivity contribution in [1.82, 2.24) is 15.2 Å². The van der Waals surface area contributed by atoms with E-state index in [1.165, 1.54) is 0 Å². The molecule has 0 spiro atoms. The normalized spacial score (nSPS) is 9.94. The summed E-state index contributed by atoms with van der Waals surface area (Å²) in [7, 11) is 0. The molecule has 2 N–H and O–H groups in total. The summed E-state index contributed by atoms with van der Waals surface area (Å²) in [5, 5.41) is 10.3. The zero-order valence-corrected chi connectivity index (χ0v) is 9.30. The molecular weight excluding hydrogens is 220 g/mol. The summed E-state index contributed by atoms with van der Waals surface area (Å²) in [6.07, 6.45) is 1.11. The van der Waals surface area contributed by atoms with E-state index in [1.54, 1.807) is 0 Å². The molecule has 2 aromatic rings. The molecule has 1 aromatic heterocycles. The van der Waals surface area contributed by atoms with E-state index in [1.807, 2.05) is 31.2 Å². The van der Waals surface area contributed by atoms with E-state index >= 15 is 0 Å². The van der Waals surface area contributed by atoms with Crippen LogP contribution in [0.4, 0.5) is 11.6 Å². The number of aromatic amines is 1. The second-order valence-corrected chi connectivity index (χ2v) is 3.24. The van der Waals surface area contributed by atoms with Crippen molar-refractivity contribution in [2.24, 2.45) is 0 Å². The van der Waals surface area contributed by atoms with Gasteiger partial charge in [0.15, 0.2) is 0 Å². The summed E-state index contributed by atoms with van der Waals surface area (Å²) < 4.78 is 5.44. The Hall–Kier alpha value is -2.37. The van der Waals surface area contributed by atoms with Crippen molar-refractivity contribution in [3.8, 4) is 5.75 Å². The largest absolute Gasteiger partial charge is 0.492 e. The molecule has 17 heavy (non-hydrogen) atoms. The van der Waals surface area contributed by atoms with Gasteiger partial charge in [-0.1, -0.05) is 12.1 Å². The number of nitrogens with one attached hydrogen (secondary N) is 2. The lowest BCUT2D eigenvalue weighted by molar-refractivity contribution is 0.342. The first-order valence-corrected chi connectivity index (χ1v) is 5.20. The smallest absolute Gasteiger partial charge is 0.271 e. The van der Waals surface area contributed by atoms with Gasteiger partial charge >= 0.3 is 0 Å². The molecule has 0 bridgehead atoms. The zero-order chi connectivity index (χ0) is 12.1. The summed E-state index contributed by atoms with van der Waals surface area (Å²) >= 11 is 0. The van der Waals surface area contributed by atoms with E-state index in [0.29, 0.717) is 12.4 Å². The SMILES string of the molecule is CCOc1ccccc1Nc1nncc(=O)[nH]1.